The van der Waals surface area contributed by atoms with Crippen molar-refractivity contribution in [3.05, 3.63) is 28.8 Å². The van der Waals surface area contributed by atoms with E-state index in [1.807, 2.05) is 0 Å². The molecule has 1 heterocycles. The Kier molecular flexibility index (Phi) is 10.5. The van der Waals surface area contributed by atoms with Crippen molar-refractivity contribution < 1.29 is 27.9 Å². The third-order valence-electron chi connectivity index (χ3n) is 4.53. The summed E-state index contributed by atoms with van der Waals surface area (Å²) in [5.74, 6) is -1.43. The van der Waals surface area contributed by atoms with Crippen LogP contribution in [-0.4, -0.2) is 36.2 Å². The van der Waals surface area contributed by atoms with Crippen LogP contribution in [0.2, 0.25) is 5.02 Å². The van der Waals surface area contributed by atoms with Crippen molar-refractivity contribution in [3.63, 3.8) is 0 Å². The van der Waals surface area contributed by atoms with Gasteiger partial charge in [0.2, 0.25) is 5.91 Å². The van der Waals surface area contributed by atoms with Gasteiger partial charge in [-0.3, -0.25) is 9.59 Å². The number of halogens is 4. The zero-order valence-electron chi connectivity index (χ0n) is 16.6. The number of carboxylic acid groups (broad SMARTS) is 1. The summed E-state index contributed by atoms with van der Waals surface area (Å²) in [6.45, 7) is 6.32. The molecule has 2 rings (SSSR count). The predicted octanol–water partition coefficient (Wildman–Crippen LogP) is 4.89. The Hall–Kier alpha value is -1.80. The van der Waals surface area contributed by atoms with E-state index in [-0.39, 0.29) is 17.1 Å². The van der Waals surface area contributed by atoms with Crippen LogP contribution in [-0.2, 0) is 16.0 Å². The number of hydrogen-bond acceptors (Lipinski definition) is 3. The highest BCUT2D eigenvalue weighted by atomic mass is 35.5. The van der Waals surface area contributed by atoms with Gasteiger partial charge >= 0.3 is 12.1 Å². The van der Waals surface area contributed by atoms with E-state index in [2.05, 4.69) is 17.6 Å². The van der Waals surface area contributed by atoms with Gasteiger partial charge in [-0.1, -0.05) is 31.5 Å². The first-order valence-electron chi connectivity index (χ1n) is 9.56. The van der Waals surface area contributed by atoms with Gasteiger partial charge in [0, 0.05) is 6.42 Å². The summed E-state index contributed by atoms with van der Waals surface area (Å²) >= 11 is 5.88. The van der Waals surface area contributed by atoms with Crippen molar-refractivity contribution in [1.82, 2.24) is 5.32 Å². The number of rotatable bonds is 6. The minimum Gasteiger partial charge on any atom is -0.481 e. The van der Waals surface area contributed by atoms with Crippen LogP contribution in [0.25, 0.3) is 0 Å². The summed E-state index contributed by atoms with van der Waals surface area (Å²) < 4.78 is 36.2. The first-order chi connectivity index (χ1) is 13.5. The maximum atomic E-state index is 12.1. The molecular formula is C20H28ClF3N2O3. The zero-order chi connectivity index (χ0) is 22.0. The lowest BCUT2D eigenvalue weighted by molar-refractivity contribution is -0.142. The smallest absolute Gasteiger partial charge is 0.389 e. The van der Waals surface area contributed by atoms with E-state index in [9.17, 15) is 22.8 Å². The van der Waals surface area contributed by atoms with Crippen LogP contribution in [0.3, 0.4) is 0 Å². The summed E-state index contributed by atoms with van der Waals surface area (Å²) in [5, 5.41) is 14.7. The van der Waals surface area contributed by atoms with E-state index in [1.165, 1.54) is 45.0 Å². The summed E-state index contributed by atoms with van der Waals surface area (Å²) in [5.41, 5.74) is 0.786. The van der Waals surface area contributed by atoms with Gasteiger partial charge in [-0.25, -0.2) is 0 Å². The third-order valence-corrected chi connectivity index (χ3v) is 4.86. The van der Waals surface area contributed by atoms with E-state index in [0.29, 0.717) is 5.56 Å². The van der Waals surface area contributed by atoms with Gasteiger partial charge in [0.1, 0.15) is 0 Å². The minimum absolute atomic E-state index is 0.170. The van der Waals surface area contributed by atoms with Crippen LogP contribution in [0.15, 0.2) is 18.2 Å². The van der Waals surface area contributed by atoms with Gasteiger partial charge in [0.15, 0.2) is 0 Å². The van der Waals surface area contributed by atoms with Crippen molar-refractivity contribution in [2.75, 3.05) is 18.4 Å². The number of anilines is 1. The molecule has 0 radical (unpaired) electrons. The summed E-state index contributed by atoms with van der Waals surface area (Å²) in [6, 6.07) is 4.53. The SMILES string of the molecule is CC(Cc1ccc(Cl)c(NC(=O)CCC(F)(F)F)c1)C(=O)O.CC1CCNCC1. The second-order valence-corrected chi connectivity index (χ2v) is 7.76. The molecule has 29 heavy (non-hydrogen) atoms. The van der Waals surface area contributed by atoms with Crippen LogP contribution < -0.4 is 10.6 Å². The molecule has 0 spiro atoms. The fourth-order valence-corrected chi connectivity index (χ4v) is 2.84. The summed E-state index contributed by atoms with van der Waals surface area (Å²) in [7, 11) is 0. The second-order valence-electron chi connectivity index (χ2n) is 7.35. The first kappa shape index (κ1) is 25.2. The summed E-state index contributed by atoms with van der Waals surface area (Å²) in [4.78, 5) is 22.3. The van der Waals surface area contributed by atoms with E-state index in [4.69, 9.17) is 16.7 Å². The Balaban J connectivity index is 0.000000502. The van der Waals surface area contributed by atoms with Crippen molar-refractivity contribution >= 4 is 29.2 Å². The fourth-order valence-electron chi connectivity index (χ4n) is 2.67. The molecule has 0 aliphatic carbocycles. The number of piperidine rings is 1. The van der Waals surface area contributed by atoms with Gasteiger partial charge in [0.05, 0.1) is 23.0 Å². The zero-order valence-corrected chi connectivity index (χ0v) is 17.4. The maximum absolute atomic E-state index is 12.1. The molecule has 1 amide bonds. The molecule has 1 aromatic carbocycles. The molecule has 1 unspecified atom stereocenters. The van der Waals surface area contributed by atoms with Crippen LogP contribution >= 0.6 is 11.6 Å². The fraction of sp³-hybridized carbons (Fsp3) is 0.600. The number of hydrogen-bond donors (Lipinski definition) is 3. The third kappa shape index (κ3) is 11.1. The lowest BCUT2D eigenvalue weighted by Gasteiger charge is -2.17. The minimum atomic E-state index is -4.40. The van der Waals surface area contributed by atoms with Gasteiger partial charge in [0.25, 0.3) is 0 Å². The Morgan fingerprint density at radius 3 is 2.41 bits per heavy atom. The number of amides is 1. The molecule has 1 atom stereocenters. The van der Waals surface area contributed by atoms with E-state index < -0.39 is 36.8 Å². The lowest BCUT2D eigenvalue weighted by atomic mass is 10.0. The number of carbonyl (C=O) groups is 2. The van der Waals surface area contributed by atoms with E-state index in [0.717, 1.165) is 5.92 Å². The molecule has 1 aliphatic rings. The van der Waals surface area contributed by atoms with Gasteiger partial charge in [-0.15, -0.1) is 0 Å². The molecule has 0 aromatic heterocycles. The van der Waals surface area contributed by atoms with Crippen molar-refractivity contribution in [2.24, 2.45) is 11.8 Å². The molecule has 5 nitrogen and oxygen atoms in total. The maximum Gasteiger partial charge on any atom is 0.389 e. The number of carbonyl (C=O) groups excluding carboxylic acids is 1. The van der Waals surface area contributed by atoms with Crippen LogP contribution in [0.4, 0.5) is 18.9 Å². The molecule has 1 aromatic rings. The molecular weight excluding hydrogens is 409 g/mol. The number of aliphatic carboxylic acids is 1. The Labute approximate surface area is 174 Å². The summed E-state index contributed by atoms with van der Waals surface area (Å²) in [6.07, 6.45) is -3.35. The van der Waals surface area contributed by atoms with Gasteiger partial charge in [-0.05, 0) is 56.0 Å². The molecule has 0 saturated carbocycles. The highest BCUT2D eigenvalue weighted by molar-refractivity contribution is 6.33. The van der Waals surface area contributed by atoms with E-state index in [1.54, 1.807) is 6.07 Å². The lowest BCUT2D eigenvalue weighted by Crippen LogP contribution is -2.26. The number of carboxylic acids is 1. The van der Waals surface area contributed by atoms with Crippen molar-refractivity contribution in [3.8, 4) is 0 Å². The van der Waals surface area contributed by atoms with E-state index >= 15 is 0 Å². The monoisotopic (exact) mass is 436 g/mol. The van der Waals surface area contributed by atoms with Crippen LogP contribution in [0.5, 0.6) is 0 Å². The largest absolute Gasteiger partial charge is 0.481 e. The first-order valence-corrected chi connectivity index (χ1v) is 9.94. The number of benzene rings is 1. The molecule has 9 heteroatoms. The van der Waals surface area contributed by atoms with Crippen LogP contribution in [0, 0.1) is 11.8 Å². The molecule has 0 bridgehead atoms. The van der Waals surface area contributed by atoms with Gasteiger partial charge in [-0.2, -0.15) is 13.2 Å². The predicted molar refractivity (Wildman–Crippen MR) is 107 cm³/mol. The van der Waals surface area contributed by atoms with Gasteiger partial charge < -0.3 is 15.7 Å². The molecule has 164 valence electrons. The molecule has 1 saturated heterocycles. The van der Waals surface area contributed by atoms with Crippen molar-refractivity contribution in [1.29, 1.82) is 0 Å². The average molecular weight is 437 g/mol. The topological polar surface area (TPSA) is 78.4 Å². The van der Waals surface area contributed by atoms with Crippen molar-refractivity contribution in [2.45, 2.75) is 52.1 Å². The molecule has 1 fully saturated rings. The quantitative estimate of drug-likeness (QED) is 0.593. The normalized spacial score (nSPS) is 15.8. The number of nitrogens with one attached hydrogen (secondary N) is 2. The second kappa shape index (κ2) is 12.0. The Morgan fingerprint density at radius 2 is 1.93 bits per heavy atom. The number of alkyl halides is 3. The Morgan fingerprint density at radius 1 is 1.31 bits per heavy atom. The molecule has 1 aliphatic heterocycles. The average Bonchev–Trinajstić information content (AvgIpc) is 2.63. The molecule has 3 N–H and O–H groups in total. The highest BCUT2D eigenvalue weighted by Crippen LogP contribution is 2.26. The highest BCUT2D eigenvalue weighted by Gasteiger charge is 2.28. The Bertz CT molecular complexity index is 677. The standard InChI is InChI=1S/C14H15ClF3NO3.C6H13N/c1-8(13(21)22)6-9-2-3-10(15)11(7-9)19-12(20)4-5-14(16,17)18;1-6-2-4-7-5-3-6/h2-3,7-8H,4-6H2,1H3,(H,19,20)(H,21,22);6-7H,2-5H2,1H3. The van der Waals surface area contributed by atoms with Crippen LogP contribution in [0.1, 0.15) is 45.1 Å².